The number of nitrogens with zero attached hydrogens (tertiary/aromatic N) is 1. The fourth-order valence-electron chi connectivity index (χ4n) is 1.24. The molecule has 1 fully saturated rings. The lowest BCUT2D eigenvalue weighted by Gasteiger charge is -2.29. The molecule has 1 saturated heterocycles. The van der Waals surface area contributed by atoms with Gasteiger partial charge in [0.2, 0.25) is 0 Å². The Kier molecular flexibility index (Phi) is 3.52. The zero-order valence-corrected chi connectivity index (χ0v) is 7.31. The summed E-state index contributed by atoms with van der Waals surface area (Å²) in [7, 11) is 2.11. The van der Waals surface area contributed by atoms with Crippen molar-refractivity contribution in [2.24, 2.45) is 0 Å². The second-order valence-electron chi connectivity index (χ2n) is 2.74. The first-order chi connectivity index (χ1) is 4.84. The molecule has 10 heavy (non-hydrogen) atoms. The first-order valence-electron chi connectivity index (χ1n) is 3.73. The minimum Gasteiger partial charge on any atom is -0.381 e. The molecule has 0 aliphatic carbocycles. The minimum absolute atomic E-state index is 0.700. The summed E-state index contributed by atoms with van der Waals surface area (Å²) in [5.74, 6) is 0.852. The van der Waals surface area contributed by atoms with Crippen molar-refractivity contribution in [2.75, 3.05) is 26.1 Å². The van der Waals surface area contributed by atoms with Crippen LogP contribution >= 0.6 is 12.6 Å². The molecule has 0 amide bonds. The molecule has 0 atom stereocenters. The Morgan fingerprint density at radius 1 is 1.50 bits per heavy atom. The molecule has 0 spiro atoms. The molecule has 2 nitrogen and oxygen atoms in total. The van der Waals surface area contributed by atoms with Gasteiger partial charge in [-0.25, -0.2) is 0 Å². The molecule has 1 aliphatic heterocycles. The third-order valence-electron chi connectivity index (χ3n) is 2.04. The molecule has 3 heteroatoms. The van der Waals surface area contributed by atoms with E-state index in [1.807, 2.05) is 0 Å². The van der Waals surface area contributed by atoms with Gasteiger partial charge in [0, 0.05) is 25.1 Å². The van der Waals surface area contributed by atoms with Gasteiger partial charge in [0.05, 0.1) is 0 Å². The van der Waals surface area contributed by atoms with E-state index in [1.165, 1.54) is 0 Å². The van der Waals surface area contributed by atoms with E-state index in [4.69, 9.17) is 4.74 Å². The van der Waals surface area contributed by atoms with Crippen molar-refractivity contribution in [1.82, 2.24) is 4.90 Å². The van der Waals surface area contributed by atoms with E-state index in [2.05, 4.69) is 24.6 Å². The monoisotopic (exact) mass is 161 g/mol. The summed E-state index contributed by atoms with van der Waals surface area (Å²) in [6, 6.07) is 0.700. The molecule has 1 rings (SSSR count). The molecule has 0 unspecified atom stereocenters. The van der Waals surface area contributed by atoms with Crippen LogP contribution < -0.4 is 0 Å². The Bertz CT molecular complexity index is 93.6. The van der Waals surface area contributed by atoms with E-state index in [1.54, 1.807) is 0 Å². The van der Waals surface area contributed by atoms with E-state index in [0.717, 1.165) is 31.9 Å². The summed E-state index contributed by atoms with van der Waals surface area (Å²) in [6.07, 6.45) is 2.33. The largest absolute Gasteiger partial charge is 0.381 e. The van der Waals surface area contributed by atoms with Crippen LogP contribution in [0, 0.1) is 0 Å². The Balaban J connectivity index is 2.24. The lowest BCUT2D eigenvalue weighted by molar-refractivity contribution is 0.0490. The number of thiol groups is 1. The van der Waals surface area contributed by atoms with Gasteiger partial charge in [0.15, 0.2) is 0 Å². The molecule has 0 radical (unpaired) electrons. The third-order valence-corrected chi connectivity index (χ3v) is 2.48. The van der Waals surface area contributed by atoms with Crippen LogP contribution in [0.25, 0.3) is 0 Å². The van der Waals surface area contributed by atoms with Crippen molar-refractivity contribution in [3.63, 3.8) is 0 Å². The quantitative estimate of drug-likeness (QED) is 0.479. The van der Waals surface area contributed by atoms with Crippen molar-refractivity contribution < 1.29 is 4.74 Å². The van der Waals surface area contributed by atoms with Gasteiger partial charge in [-0.1, -0.05) is 0 Å². The van der Waals surface area contributed by atoms with Crippen LogP contribution in [0.1, 0.15) is 12.8 Å². The van der Waals surface area contributed by atoms with E-state index in [-0.39, 0.29) is 0 Å². The Hall–Kier alpha value is 0.270. The van der Waals surface area contributed by atoms with E-state index < -0.39 is 0 Å². The van der Waals surface area contributed by atoms with Gasteiger partial charge >= 0.3 is 0 Å². The fraction of sp³-hybridized carbons (Fsp3) is 1.00. The maximum Gasteiger partial charge on any atom is 0.0480 e. The van der Waals surface area contributed by atoms with Gasteiger partial charge in [-0.3, -0.25) is 4.90 Å². The normalized spacial score (nSPS) is 21.9. The molecule has 60 valence electrons. The highest BCUT2D eigenvalue weighted by Crippen LogP contribution is 2.12. The molecular formula is C7H15NOS. The van der Waals surface area contributed by atoms with E-state index >= 15 is 0 Å². The number of hydrogen-bond acceptors (Lipinski definition) is 3. The third kappa shape index (κ3) is 2.15. The van der Waals surface area contributed by atoms with Gasteiger partial charge in [-0.15, -0.1) is 0 Å². The van der Waals surface area contributed by atoms with Crippen molar-refractivity contribution in [1.29, 1.82) is 0 Å². The Labute approximate surface area is 68.0 Å². The Morgan fingerprint density at radius 2 is 2.10 bits per heavy atom. The maximum absolute atomic E-state index is 5.24. The highest BCUT2D eigenvalue weighted by molar-refractivity contribution is 7.80. The topological polar surface area (TPSA) is 12.5 Å². The molecule has 0 N–H and O–H groups in total. The molecular weight excluding hydrogens is 146 g/mol. The average molecular weight is 161 g/mol. The van der Waals surface area contributed by atoms with Crippen LogP contribution in [0.15, 0.2) is 0 Å². The van der Waals surface area contributed by atoms with Crippen LogP contribution in [0.5, 0.6) is 0 Å². The molecule has 1 aliphatic rings. The predicted molar refractivity (Wildman–Crippen MR) is 45.5 cm³/mol. The summed E-state index contributed by atoms with van der Waals surface area (Å²) in [4.78, 5) is 2.27. The maximum atomic E-state index is 5.24. The van der Waals surface area contributed by atoms with Gasteiger partial charge in [0.25, 0.3) is 0 Å². The highest BCUT2D eigenvalue weighted by Gasteiger charge is 2.16. The summed E-state index contributed by atoms with van der Waals surface area (Å²) in [5.41, 5.74) is 0. The minimum atomic E-state index is 0.700. The molecule has 0 aromatic rings. The zero-order valence-electron chi connectivity index (χ0n) is 6.42. The number of hydrogen-bond donors (Lipinski definition) is 1. The number of rotatable bonds is 2. The highest BCUT2D eigenvalue weighted by atomic mass is 32.1. The smallest absolute Gasteiger partial charge is 0.0480 e. The zero-order chi connectivity index (χ0) is 7.40. The number of ether oxygens (including phenoxy) is 1. The lowest BCUT2D eigenvalue weighted by Crippen LogP contribution is -2.35. The second kappa shape index (κ2) is 4.21. The molecule has 0 saturated carbocycles. The second-order valence-corrected chi connectivity index (χ2v) is 3.02. The van der Waals surface area contributed by atoms with Crippen LogP contribution in [0.4, 0.5) is 0 Å². The fourth-order valence-corrected chi connectivity index (χ4v) is 1.47. The van der Waals surface area contributed by atoms with Crippen molar-refractivity contribution in [3.8, 4) is 0 Å². The van der Waals surface area contributed by atoms with E-state index in [0.29, 0.717) is 6.04 Å². The van der Waals surface area contributed by atoms with Gasteiger partial charge in [-0.05, 0) is 19.9 Å². The average Bonchev–Trinajstić information content (AvgIpc) is 2.05. The van der Waals surface area contributed by atoms with Crippen LogP contribution in [0.3, 0.4) is 0 Å². The van der Waals surface area contributed by atoms with Crippen LogP contribution in [-0.2, 0) is 4.74 Å². The molecule has 1 heterocycles. The Morgan fingerprint density at radius 3 is 2.60 bits per heavy atom. The van der Waals surface area contributed by atoms with Crippen molar-refractivity contribution >= 4 is 12.6 Å². The van der Waals surface area contributed by atoms with Gasteiger partial charge in [-0.2, -0.15) is 12.6 Å². The van der Waals surface area contributed by atoms with Crippen LogP contribution in [0.2, 0.25) is 0 Å². The first kappa shape index (κ1) is 8.37. The lowest BCUT2D eigenvalue weighted by atomic mass is 10.1. The summed E-state index contributed by atoms with van der Waals surface area (Å²) >= 11 is 4.21. The van der Waals surface area contributed by atoms with Gasteiger partial charge < -0.3 is 4.74 Å². The molecule has 0 bridgehead atoms. The standard InChI is InChI=1S/C7H15NOS/c1-8(6-10)7-2-4-9-5-3-7/h7,10H,2-6H2,1H3. The van der Waals surface area contributed by atoms with Gasteiger partial charge in [0.1, 0.15) is 0 Å². The summed E-state index contributed by atoms with van der Waals surface area (Å²) < 4.78 is 5.24. The van der Waals surface area contributed by atoms with Crippen LogP contribution in [-0.4, -0.2) is 37.1 Å². The molecule has 0 aromatic carbocycles. The van der Waals surface area contributed by atoms with Crippen molar-refractivity contribution in [3.05, 3.63) is 0 Å². The SMILES string of the molecule is CN(CS)C1CCOCC1. The predicted octanol–water partition coefficient (Wildman–Crippen LogP) is 0.984. The molecule has 0 aromatic heterocycles. The summed E-state index contributed by atoms with van der Waals surface area (Å²) in [5, 5.41) is 0. The summed E-state index contributed by atoms with van der Waals surface area (Å²) in [6.45, 7) is 1.84. The van der Waals surface area contributed by atoms with E-state index in [9.17, 15) is 0 Å². The first-order valence-corrected chi connectivity index (χ1v) is 4.36. The van der Waals surface area contributed by atoms with Crippen molar-refractivity contribution in [2.45, 2.75) is 18.9 Å².